The molecule has 0 spiro atoms. The fraction of sp³-hybridized carbons (Fsp3) is 0.571. The quantitative estimate of drug-likeness (QED) is 0.446. The van der Waals surface area contributed by atoms with Gasteiger partial charge in [-0.1, -0.05) is 18.7 Å². The number of thioether (sulfide) groups is 1. The molecule has 1 fully saturated rings. The number of hydrogen-bond donors (Lipinski definition) is 0. The molecule has 1 aromatic carbocycles. The second kappa shape index (κ2) is 8.68. The topological polar surface area (TPSA) is 64.4 Å². The van der Waals surface area contributed by atoms with E-state index in [1.165, 1.54) is 0 Å². The minimum absolute atomic E-state index is 0.0472. The molecule has 1 saturated heterocycles. The lowest BCUT2D eigenvalue weighted by molar-refractivity contribution is 0.0288. The van der Waals surface area contributed by atoms with E-state index >= 15 is 0 Å². The fourth-order valence-electron chi connectivity index (χ4n) is 3.44. The fourth-order valence-corrected chi connectivity index (χ4v) is 5.02. The highest BCUT2D eigenvalue weighted by molar-refractivity contribution is 9.10. The van der Waals surface area contributed by atoms with Crippen molar-refractivity contribution < 1.29 is 9.53 Å². The predicted octanol–water partition coefficient (Wildman–Crippen LogP) is 5.15. The zero-order valence-electron chi connectivity index (χ0n) is 17.6. The number of carbonyl (C=O) groups is 1. The first kappa shape index (κ1) is 22.2. The van der Waals surface area contributed by atoms with Gasteiger partial charge in [-0.25, -0.2) is 9.78 Å². The largest absolute Gasteiger partial charge is 0.444 e. The van der Waals surface area contributed by atoms with Crippen molar-refractivity contribution in [3.8, 4) is 0 Å². The van der Waals surface area contributed by atoms with Crippen molar-refractivity contribution in [2.45, 2.75) is 64.3 Å². The van der Waals surface area contributed by atoms with E-state index in [4.69, 9.17) is 9.72 Å². The van der Waals surface area contributed by atoms with E-state index in [0.717, 1.165) is 22.2 Å². The molecule has 2 heterocycles. The highest BCUT2D eigenvalue weighted by atomic mass is 79.9. The standard InChI is InChI=1S/C21H28BrN3O3S/c1-6-9-29-19-23-17-15(10-13(2)11-16(17)22)18(26)25(19)14-7-8-24(12-14)20(27)28-21(3,4)5/h10-11,14H,6-9,12H2,1-5H3/t14-/m1/s1. The number of ether oxygens (including phenoxy) is 1. The summed E-state index contributed by atoms with van der Waals surface area (Å²) in [7, 11) is 0. The van der Waals surface area contributed by atoms with E-state index in [1.54, 1.807) is 21.2 Å². The Morgan fingerprint density at radius 1 is 1.38 bits per heavy atom. The van der Waals surface area contributed by atoms with Crippen molar-refractivity contribution >= 4 is 44.7 Å². The van der Waals surface area contributed by atoms with Crippen molar-refractivity contribution in [1.29, 1.82) is 0 Å². The number of rotatable bonds is 4. The van der Waals surface area contributed by atoms with Gasteiger partial charge in [0.25, 0.3) is 5.56 Å². The van der Waals surface area contributed by atoms with Crippen molar-refractivity contribution in [1.82, 2.24) is 14.5 Å². The van der Waals surface area contributed by atoms with E-state index < -0.39 is 5.60 Å². The van der Waals surface area contributed by atoms with Crippen LogP contribution >= 0.6 is 27.7 Å². The summed E-state index contributed by atoms with van der Waals surface area (Å²) in [6.45, 7) is 10.7. The van der Waals surface area contributed by atoms with Crippen molar-refractivity contribution in [3.63, 3.8) is 0 Å². The van der Waals surface area contributed by atoms with Gasteiger partial charge >= 0.3 is 6.09 Å². The van der Waals surface area contributed by atoms with Crippen molar-refractivity contribution in [2.75, 3.05) is 18.8 Å². The molecule has 0 unspecified atom stereocenters. The van der Waals surface area contributed by atoms with Crippen LogP contribution in [0.15, 0.2) is 26.6 Å². The Morgan fingerprint density at radius 2 is 2.10 bits per heavy atom. The Bertz CT molecular complexity index is 984. The van der Waals surface area contributed by atoms with Gasteiger partial charge in [0.2, 0.25) is 0 Å². The average molecular weight is 482 g/mol. The molecule has 1 aliphatic rings. The van der Waals surface area contributed by atoms with E-state index in [2.05, 4.69) is 22.9 Å². The number of nitrogens with zero attached hydrogens (tertiary/aromatic N) is 3. The average Bonchev–Trinajstić information content (AvgIpc) is 3.09. The van der Waals surface area contributed by atoms with Gasteiger partial charge in [-0.3, -0.25) is 9.36 Å². The molecule has 1 atom stereocenters. The molecule has 0 aliphatic carbocycles. The molecular weight excluding hydrogens is 454 g/mol. The molecule has 1 aliphatic heterocycles. The molecule has 1 amide bonds. The summed E-state index contributed by atoms with van der Waals surface area (Å²) in [5, 5.41) is 1.32. The highest BCUT2D eigenvalue weighted by Gasteiger charge is 2.33. The number of fused-ring (bicyclic) bond motifs is 1. The molecule has 1 aromatic heterocycles. The molecule has 3 rings (SSSR count). The van der Waals surface area contributed by atoms with Crippen LogP contribution in [-0.4, -0.2) is 45.0 Å². The lowest BCUT2D eigenvalue weighted by atomic mass is 10.1. The second-order valence-corrected chi connectivity index (χ2v) is 10.3. The highest BCUT2D eigenvalue weighted by Crippen LogP contribution is 2.30. The van der Waals surface area contributed by atoms with E-state index in [9.17, 15) is 9.59 Å². The molecule has 8 heteroatoms. The van der Waals surface area contributed by atoms with Crippen LogP contribution in [0.25, 0.3) is 10.9 Å². The molecule has 2 aromatic rings. The minimum atomic E-state index is -0.539. The number of hydrogen-bond acceptors (Lipinski definition) is 5. The summed E-state index contributed by atoms with van der Waals surface area (Å²) in [5.74, 6) is 0.879. The van der Waals surface area contributed by atoms with Gasteiger partial charge in [0.1, 0.15) is 5.60 Å². The molecule has 158 valence electrons. The zero-order chi connectivity index (χ0) is 21.3. The summed E-state index contributed by atoms with van der Waals surface area (Å²) in [6.07, 6.45) is 1.37. The lowest BCUT2D eigenvalue weighted by Gasteiger charge is -2.25. The molecule has 29 heavy (non-hydrogen) atoms. The summed E-state index contributed by atoms with van der Waals surface area (Å²) in [5.41, 5.74) is 1.11. The summed E-state index contributed by atoms with van der Waals surface area (Å²) >= 11 is 5.15. The van der Waals surface area contributed by atoms with E-state index in [-0.39, 0.29) is 17.7 Å². The van der Waals surface area contributed by atoms with Crippen LogP contribution in [0.2, 0.25) is 0 Å². The SMILES string of the molecule is CCCSc1nc2c(Br)cc(C)cc2c(=O)n1[C@@H]1CCN(C(=O)OC(C)(C)C)C1. The molecule has 0 saturated carbocycles. The van der Waals surface area contributed by atoms with Crippen LogP contribution in [0, 0.1) is 6.92 Å². The summed E-state index contributed by atoms with van der Waals surface area (Å²) in [4.78, 5) is 32.5. The van der Waals surface area contributed by atoms with Gasteiger partial charge in [-0.15, -0.1) is 0 Å². The zero-order valence-corrected chi connectivity index (χ0v) is 20.0. The van der Waals surface area contributed by atoms with Crippen molar-refractivity contribution in [3.05, 3.63) is 32.5 Å². The third kappa shape index (κ3) is 4.97. The van der Waals surface area contributed by atoms with Crippen molar-refractivity contribution in [2.24, 2.45) is 0 Å². The minimum Gasteiger partial charge on any atom is -0.444 e. The van der Waals surface area contributed by atoms with Gasteiger partial charge in [0.05, 0.1) is 16.9 Å². The van der Waals surface area contributed by atoms with Crippen LogP contribution in [0.5, 0.6) is 0 Å². The Hall–Kier alpha value is -1.54. The smallest absolute Gasteiger partial charge is 0.410 e. The van der Waals surface area contributed by atoms with Crippen LogP contribution in [-0.2, 0) is 4.74 Å². The van der Waals surface area contributed by atoms with Crippen LogP contribution in [0.1, 0.15) is 52.1 Å². The Morgan fingerprint density at radius 3 is 2.76 bits per heavy atom. The second-order valence-electron chi connectivity index (χ2n) is 8.43. The number of amides is 1. The van der Waals surface area contributed by atoms with Gasteiger partial charge < -0.3 is 9.64 Å². The first-order valence-corrected chi connectivity index (χ1v) is 11.7. The number of carbonyl (C=O) groups excluding carboxylic acids is 1. The Kier molecular flexibility index (Phi) is 6.63. The maximum atomic E-state index is 13.5. The normalized spacial score (nSPS) is 17.2. The monoisotopic (exact) mass is 481 g/mol. The number of halogens is 1. The summed E-state index contributed by atoms with van der Waals surface area (Å²) in [6, 6.07) is 3.76. The maximum Gasteiger partial charge on any atom is 0.410 e. The van der Waals surface area contributed by atoms with Crippen LogP contribution < -0.4 is 5.56 Å². The number of aryl methyl sites for hydroxylation is 1. The third-order valence-electron chi connectivity index (χ3n) is 4.69. The van der Waals surface area contributed by atoms with Gasteiger partial charge in [0, 0.05) is 23.3 Å². The van der Waals surface area contributed by atoms with E-state index in [1.807, 2.05) is 39.8 Å². The van der Waals surface area contributed by atoms with E-state index in [0.29, 0.717) is 35.6 Å². The molecule has 0 bridgehead atoms. The predicted molar refractivity (Wildman–Crippen MR) is 121 cm³/mol. The van der Waals surface area contributed by atoms with Crippen LogP contribution in [0.4, 0.5) is 4.79 Å². The van der Waals surface area contributed by atoms with Gasteiger partial charge in [-0.05, 0) is 74.2 Å². The maximum absolute atomic E-state index is 13.5. The van der Waals surface area contributed by atoms with Gasteiger partial charge in [-0.2, -0.15) is 0 Å². The Balaban J connectivity index is 2.00. The third-order valence-corrected chi connectivity index (χ3v) is 6.45. The molecular formula is C21H28BrN3O3S. The summed E-state index contributed by atoms with van der Waals surface area (Å²) < 4.78 is 8.13. The first-order valence-electron chi connectivity index (χ1n) is 9.94. The number of aromatic nitrogens is 2. The van der Waals surface area contributed by atoms with Gasteiger partial charge in [0.15, 0.2) is 5.16 Å². The molecule has 0 radical (unpaired) electrons. The lowest BCUT2D eigenvalue weighted by Crippen LogP contribution is -2.36. The number of benzene rings is 1. The molecule has 0 N–H and O–H groups in total. The van der Waals surface area contributed by atoms with Crippen LogP contribution in [0.3, 0.4) is 0 Å². The molecule has 6 nitrogen and oxygen atoms in total. The first-order chi connectivity index (χ1) is 13.6. The number of likely N-dealkylation sites (tertiary alicyclic amines) is 1. The Labute approximate surface area is 184 Å².